The molecule has 2 heterocycles. The van der Waals surface area contributed by atoms with E-state index in [1.807, 2.05) is 48.5 Å². The zero-order valence-electron chi connectivity index (χ0n) is 16.1. The first-order valence-corrected chi connectivity index (χ1v) is 10.1. The third-order valence-corrected chi connectivity index (χ3v) is 5.55. The highest BCUT2D eigenvalue weighted by molar-refractivity contribution is 7.15. The standard InChI is InChI=1S/C22H22N2O3S/c1-14(2)10-11-27-18-9-8-15(12-19(18)26-3)13-20-21(25)24-17-7-5-4-6-16(17)23-22(24)28-20/h4-9,12-14H,10-11H2,1-3H3. The predicted octanol–water partition coefficient (Wildman–Crippen LogP) is 3.89. The average Bonchev–Trinajstić information content (AvgIpc) is 3.19. The van der Waals surface area contributed by atoms with Crippen LogP contribution in [0, 0.1) is 5.92 Å². The quantitative estimate of drug-likeness (QED) is 0.498. The number of benzene rings is 2. The van der Waals surface area contributed by atoms with Crippen LogP contribution in [0.25, 0.3) is 22.1 Å². The van der Waals surface area contributed by atoms with Gasteiger partial charge in [-0.2, -0.15) is 0 Å². The minimum absolute atomic E-state index is 0.0510. The molecule has 0 N–H and O–H groups in total. The Morgan fingerprint density at radius 2 is 2.00 bits per heavy atom. The van der Waals surface area contributed by atoms with Crippen molar-refractivity contribution in [3.8, 4) is 11.5 Å². The molecule has 0 saturated carbocycles. The summed E-state index contributed by atoms with van der Waals surface area (Å²) in [6.07, 6.45) is 2.86. The van der Waals surface area contributed by atoms with Crippen LogP contribution in [0.5, 0.6) is 11.5 Å². The number of rotatable bonds is 6. The summed E-state index contributed by atoms with van der Waals surface area (Å²) < 4.78 is 13.6. The molecule has 0 fully saturated rings. The van der Waals surface area contributed by atoms with Crippen molar-refractivity contribution in [2.24, 2.45) is 5.92 Å². The summed E-state index contributed by atoms with van der Waals surface area (Å²) in [5.74, 6) is 1.97. The Labute approximate surface area is 166 Å². The average molecular weight is 394 g/mol. The van der Waals surface area contributed by atoms with Crippen LogP contribution in [0.15, 0.2) is 47.3 Å². The normalized spacial score (nSPS) is 12.4. The van der Waals surface area contributed by atoms with Crippen LogP contribution in [0.2, 0.25) is 0 Å². The van der Waals surface area contributed by atoms with Crippen molar-refractivity contribution in [3.63, 3.8) is 0 Å². The van der Waals surface area contributed by atoms with Gasteiger partial charge in [-0.3, -0.25) is 4.79 Å². The Morgan fingerprint density at radius 1 is 1.18 bits per heavy atom. The lowest BCUT2D eigenvalue weighted by Crippen LogP contribution is -2.22. The van der Waals surface area contributed by atoms with E-state index >= 15 is 0 Å². The Balaban J connectivity index is 1.70. The molecule has 0 unspecified atom stereocenters. The summed E-state index contributed by atoms with van der Waals surface area (Å²) in [5, 5.41) is 0. The first-order valence-electron chi connectivity index (χ1n) is 9.29. The van der Waals surface area contributed by atoms with Gasteiger partial charge in [-0.15, -0.1) is 0 Å². The molecule has 0 atom stereocenters. The van der Waals surface area contributed by atoms with Crippen molar-refractivity contribution in [1.82, 2.24) is 9.38 Å². The van der Waals surface area contributed by atoms with Crippen molar-refractivity contribution in [1.29, 1.82) is 0 Å². The van der Waals surface area contributed by atoms with Crippen LogP contribution in [-0.4, -0.2) is 23.1 Å². The monoisotopic (exact) mass is 394 g/mol. The fourth-order valence-electron chi connectivity index (χ4n) is 3.06. The van der Waals surface area contributed by atoms with E-state index in [-0.39, 0.29) is 5.56 Å². The van der Waals surface area contributed by atoms with E-state index in [4.69, 9.17) is 9.47 Å². The van der Waals surface area contributed by atoms with Crippen LogP contribution in [0.4, 0.5) is 0 Å². The second kappa shape index (κ2) is 7.64. The molecule has 2 aromatic carbocycles. The van der Waals surface area contributed by atoms with Crippen molar-refractivity contribution in [3.05, 3.63) is 62.9 Å². The molecule has 4 rings (SSSR count). The highest BCUT2D eigenvalue weighted by Gasteiger charge is 2.11. The number of fused-ring (bicyclic) bond motifs is 3. The number of aromatic nitrogens is 2. The number of imidazole rings is 1. The van der Waals surface area contributed by atoms with Crippen LogP contribution < -0.4 is 19.6 Å². The third kappa shape index (κ3) is 3.47. The minimum Gasteiger partial charge on any atom is -0.493 e. The summed E-state index contributed by atoms with van der Waals surface area (Å²) in [5.41, 5.74) is 2.51. The van der Waals surface area contributed by atoms with E-state index in [0.29, 0.717) is 27.8 Å². The van der Waals surface area contributed by atoms with Crippen molar-refractivity contribution in [2.45, 2.75) is 20.3 Å². The molecule has 6 heteroatoms. The highest BCUT2D eigenvalue weighted by Crippen LogP contribution is 2.28. The van der Waals surface area contributed by atoms with Gasteiger partial charge in [-0.1, -0.05) is 43.4 Å². The van der Waals surface area contributed by atoms with E-state index in [1.54, 1.807) is 11.5 Å². The Hall–Kier alpha value is -2.86. The van der Waals surface area contributed by atoms with Gasteiger partial charge >= 0.3 is 0 Å². The maximum atomic E-state index is 12.9. The lowest BCUT2D eigenvalue weighted by Gasteiger charge is -2.12. The van der Waals surface area contributed by atoms with Gasteiger partial charge in [0.2, 0.25) is 0 Å². The van der Waals surface area contributed by atoms with Crippen LogP contribution in [0.1, 0.15) is 25.8 Å². The summed E-state index contributed by atoms with van der Waals surface area (Å²) >= 11 is 1.39. The predicted molar refractivity (Wildman–Crippen MR) is 114 cm³/mol. The van der Waals surface area contributed by atoms with Crippen molar-refractivity contribution < 1.29 is 9.47 Å². The number of nitrogens with zero attached hydrogens (tertiary/aromatic N) is 2. The summed E-state index contributed by atoms with van der Waals surface area (Å²) in [6.45, 7) is 4.98. The molecule has 0 saturated heterocycles. The zero-order valence-corrected chi connectivity index (χ0v) is 17.0. The van der Waals surface area contributed by atoms with E-state index in [2.05, 4.69) is 18.8 Å². The number of methoxy groups -OCH3 is 1. The van der Waals surface area contributed by atoms with Gasteiger partial charge in [0.15, 0.2) is 16.5 Å². The molecule has 144 valence electrons. The maximum absolute atomic E-state index is 12.9. The smallest absolute Gasteiger partial charge is 0.274 e. The van der Waals surface area contributed by atoms with Gasteiger partial charge in [0.25, 0.3) is 5.56 Å². The molecule has 0 aliphatic heterocycles. The van der Waals surface area contributed by atoms with Gasteiger partial charge in [0.05, 0.1) is 29.3 Å². The van der Waals surface area contributed by atoms with Gasteiger partial charge in [-0.05, 0) is 48.2 Å². The molecule has 0 radical (unpaired) electrons. The second-order valence-electron chi connectivity index (χ2n) is 7.08. The number of thiazole rings is 1. The minimum atomic E-state index is -0.0510. The Morgan fingerprint density at radius 3 is 2.79 bits per heavy atom. The molecule has 5 nitrogen and oxygen atoms in total. The summed E-state index contributed by atoms with van der Waals surface area (Å²) in [7, 11) is 1.62. The molecule has 0 amide bonds. The Bertz CT molecular complexity index is 1240. The molecular formula is C22H22N2O3S. The SMILES string of the molecule is COc1cc(C=c2sc3nc4ccccc4n3c2=O)ccc1OCCC(C)C. The largest absolute Gasteiger partial charge is 0.493 e. The Kier molecular flexibility index (Phi) is 5.05. The van der Waals surface area contributed by atoms with Crippen molar-refractivity contribution in [2.75, 3.05) is 13.7 Å². The summed E-state index contributed by atoms with van der Waals surface area (Å²) in [4.78, 5) is 18.1. The van der Waals surface area contributed by atoms with Gasteiger partial charge in [0.1, 0.15) is 0 Å². The van der Waals surface area contributed by atoms with Gasteiger partial charge in [0, 0.05) is 0 Å². The number of hydrogen-bond donors (Lipinski definition) is 0. The third-order valence-electron chi connectivity index (χ3n) is 4.58. The van der Waals surface area contributed by atoms with E-state index in [1.165, 1.54) is 11.3 Å². The van der Waals surface area contributed by atoms with E-state index in [0.717, 1.165) is 28.8 Å². The van der Waals surface area contributed by atoms with Gasteiger partial charge in [-0.25, -0.2) is 9.38 Å². The fourth-order valence-corrected chi connectivity index (χ4v) is 4.05. The number of para-hydroxylation sites is 2. The van der Waals surface area contributed by atoms with Gasteiger partial charge < -0.3 is 9.47 Å². The topological polar surface area (TPSA) is 52.8 Å². The second-order valence-corrected chi connectivity index (χ2v) is 8.08. The lowest BCUT2D eigenvalue weighted by atomic mass is 10.1. The van der Waals surface area contributed by atoms with Crippen LogP contribution >= 0.6 is 11.3 Å². The van der Waals surface area contributed by atoms with E-state index < -0.39 is 0 Å². The zero-order chi connectivity index (χ0) is 19.7. The molecule has 0 aliphatic carbocycles. The van der Waals surface area contributed by atoms with E-state index in [9.17, 15) is 4.79 Å². The van der Waals surface area contributed by atoms with Crippen LogP contribution in [-0.2, 0) is 0 Å². The molecular weight excluding hydrogens is 372 g/mol. The summed E-state index contributed by atoms with van der Waals surface area (Å²) in [6, 6.07) is 13.4. The number of hydrogen-bond acceptors (Lipinski definition) is 5. The van der Waals surface area contributed by atoms with Crippen molar-refractivity contribution >= 4 is 33.4 Å². The molecule has 0 bridgehead atoms. The number of ether oxygens (including phenoxy) is 2. The maximum Gasteiger partial charge on any atom is 0.274 e. The first kappa shape index (κ1) is 18.5. The molecule has 0 aliphatic rings. The highest BCUT2D eigenvalue weighted by atomic mass is 32.1. The molecule has 2 aromatic heterocycles. The van der Waals surface area contributed by atoms with Crippen LogP contribution in [0.3, 0.4) is 0 Å². The fraction of sp³-hybridized carbons (Fsp3) is 0.273. The lowest BCUT2D eigenvalue weighted by molar-refractivity contribution is 0.273. The molecule has 4 aromatic rings. The molecule has 28 heavy (non-hydrogen) atoms. The molecule has 0 spiro atoms. The first-order chi connectivity index (χ1) is 13.6.